The Morgan fingerprint density at radius 1 is 1.03 bits per heavy atom. The molecular formula is C26H33ClN2O. The fourth-order valence-electron chi connectivity index (χ4n) is 5.53. The van der Waals surface area contributed by atoms with Crippen LogP contribution in [-0.4, -0.2) is 36.0 Å². The lowest BCUT2D eigenvalue weighted by atomic mass is 9.65. The summed E-state index contributed by atoms with van der Waals surface area (Å²) in [6.07, 6.45) is 3.23. The summed E-state index contributed by atoms with van der Waals surface area (Å²) in [5.74, 6) is 0.976. The van der Waals surface area contributed by atoms with Crippen molar-refractivity contribution in [1.82, 2.24) is 4.90 Å². The smallest absolute Gasteiger partial charge is 0.241 e. The van der Waals surface area contributed by atoms with Crippen molar-refractivity contribution in [3.8, 4) is 0 Å². The molecule has 0 unspecified atom stereocenters. The van der Waals surface area contributed by atoms with Gasteiger partial charge in [0, 0.05) is 21.7 Å². The van der Waals surface area contributed by atoms with Crippen LogP contribution in [0.15, 0.2) is 48.5 Å². The highest BCUT2D eigenvalue weighted by atomic mass is 35.5. The minimum Gasteiger partial charge on any atom is -0.305 e. The third kappa shape index (κ3) is 3.90. The van der Waals surface area contributed by atoms with Crippen molar-refractivity contribution in [2.75, 3.05) is 24.5 Å². The molecule has 160 valence electrons. The summed E-state index contributed by atoms with van der Waals surface area (Å²) >= 11 is 6.16. The van der Waals surface area contributed by atoms with Crippen LogP contribution >= 0.6 is 11.6 Å². The summed E-state index contributed by atoms with van der Waals surface area (Å²) in [5, 5.41) is 0.748. The summed E-state index contributed by atoms with van der Waals surface area (Å²) < 4.78 is 0. The van der Waals surface area contributed by atoms with Crippen molar-refractivity contribution >= 4 is 23.2 Å². The van der Waals surface area contributed by atoms with Gasteiger partial charge in [0.05, 0.1) is 6.54 Å². The molecule has 0 N–H and O–H groups in total. The topological polar surface area (TPSA) is 23.6 Å². The number of likely N-dealkylation sites (tertiary alicyclic amines) is 1. The van der Waals surface area contributed by atoms with Crippen LogP contribution in [0.1, 0.15) is 58.1 Å². The van der Waals surface area contributed by atoms with E-state index in [4.69, 9.17) is 11.6 Å². The summed E-state index contributed by atoms with van der Waals surface area (Å²) in [7, 11) is 0. The van der Waals surface area contributed by atoms with Gasteiger partial charge in [0.25, 0.3) is 0 Å². The fourth-order valence-corrected chi connectivity index (χ4v) is 5.66. The first-order valence-electron chi connectivity index (χ1n) is 11.1. The zero-order valence-electron chi connectivity index (χ0n) is 18.6. The quantitative estimate of drug-likeness (QED) is 0.612. The van der Waals surface area contributed by atoms with E-state index >= 15 is 0 Å². The second-order valence-corrected chi connectivity index (χ2v) is 10.5. The van der Waals surface area contributed by atoms with Crippen molar-refractivity contribution in [2.45, 2.75) is 57.9 Å². The SMILES string of the molecule is CC1CCN(CC(=O)N2c3ccccc3[C@](C)(c3ccc(Cl)cc3)CC2(C)C)CC1. The Bertz CT molecular complexity index is 915. The van der Waals surface area contributed by atoms with E-state index in [1.54, 1.807) is 0 Å². The van der Waals surface area contributed by atoms with Crippen LogP contribution in [0.2, 0.25) is 5.02 Å². The lowest BCUT2D eigenvalue weighted by Crippen LogP contribution is -2.58. The molecule has 2 aliphatic rings. The van der Waals surface area contributed by atoms with E-state index in [0.29, 0.717) is 6.54 Å². The van der Waals surface area contributed by atoms with E-state index in [2.05, 4.69) is 67.8 Å². The highest BCUT2D eigenvalue weighted by Gasteiger charge is 2.47. The van der Waals surface area contributed by atoms with Gasteiger partial charge in [0.2, 0.25) is 5.91 Å². The first-order valence-corrected chi connectivity index (χ1v) is 11.5. The molecule has 0 aromatic heterocycles. The number of nitrogens with zero attached hydrogens (tertiary/aromatic N) is 2. The van der Waals surface area contributed by atoms with Crippen LogP contribution < -0.4 is 4.90 Å². The maximum Gasteiger partial charge on any atom is 0.241 e. The maximum atomic E-state index is 13.6. The minimum atomic E-state index is -0.289. The summed E-state index contributed by atoms with van der Waals surface area (Å²) in [6, 6.07) is 16.6. The molecule has 0 aliphatic carbocycles. The minimum absolute atomic E-state index is 0.179. The Labute approximate surface area is 186 Å². The van der Waals surface area contributed by atoms with Gasteiger partial charge in [-0.2, -0.15) is 0 Å². The maximum absolute atomic E-state index is 13.6. The van der Waals surface area contributed by atoms with Crippen molar-refractivity contribution in [1.29, 1.82) is 0 Å². The predicted octanol–water partition coefficient (Wildman–Crippen LogP) is 5.89. The Hall–Kier alpha value is -1.84. The predicted molar refractivity (Wildman–Crippen MR) is 125 cm³/mol. The number of hydrogen-bond donors (Lipinski definition) is 0. The molecule has 30 heavy (non-hydrogen) atoms. The lowest BCUT2D eigenvalue weighted by molar-refractivity contribution is -0.121. The normalized spacial score (nSPS) is 24.5. The number of hydrogen-bond acceptors (Lipinski definition) is 2. The highest BCUT2D eigenvalue weighted by Crippen LogP contribution is 2.50. The first kappa shape index (κ1) is 21.4. The molecule has 0 bridgehead atoms. The van der Waals surface area contributed by atoms with Crippen LogP contribution in [-0.2, 0) is 10.2 Å². The molecule has 1 saturated heterocycles. The number of halogens is 1. The zero-order chi connectivity index (χ0) is 21.5. The molecule has 4 rings (SSSR count). The highest BCUT2D eigenvalue weighted by molar-refractivity contribution is 6.30. The third-order valence-electron chi connectivity index (χ3n) is 7.10. The van der Waals surface area contributed by atoms with Gasteiger partial charge in [0.15, 0.2) is 0 Å². The van der Waals surface area contributed by atoms with E-state index in [-0.39, 0.29) is 16.9 Å². The van der Waals surface area contributed by atoms with Crippen molar-refractivity contribution in [3.63, 3.8) is 0 Å². The number of carbonyl (C=O) groups is 1. The third-order valence-corrected chi connectivity index (χ3v) is 7.35. The molecule has 2 heterocycles. The Morgan fingerprint density at radius 3 is 2.33 bits per heavy atom. The van der Waals surface area contributed by atoms with E-state index in [1.165, 1.54) is 24.0 Å². The number of anilines is 1. The van der Waals surface area contributed by atoms with Crippen LogP contribution in [0.25, 0.3) is 0 Å². The lowest BCUT2D eigenvalue weighted by Gasteiger charge is -2.51. The van der Waals surface area contributed by atoms with E-state index in [0.717, 1.165) is 36.1 Å². The molecule has 2 aromatic carbocycles. The Kier molecular flexibility index (Phi) is 5.71. The largest absolute Gasteiger partial charge is 0.305 e. The van der Waals surface area contributed by atoms with E-state index in [1.807, 2.05) is 18.2 Å². The zero-order valence-corrected chi connectivity index (χ0v) is 19.4. The monoisotopic (exact) mass is 424 g/mol. The van der Waals surface area contributed by atoms with Gasteiger partial charge in [-0.15, -0.1) is 0 Å². The number of piperidine rings is 1. The van der Waals surface area contributed by atoms with Gasteiger partial charge in [-0.1, -0.05) is 55.8 Å². The van der Waals surface area contributed by atoms with Crippen LogP contribution in [0.3, 0.4) is 0 Å². The van der Waals surface area contributed by atoms with E-state index < -0.39 is 0 Å². The van der Waals surface area contributed by atoms with Gasteiger partial charge in [0.1, 0.15) is 0 Å². The van der Waals surface area contributed by atoms with Gasteiger partial charge in [-0.3, -0.25) is 9.69 Å². The summed E-state index contributed by atoms with van der Waals surface area (Å²) in [5.41, 5.74) is 3.03. The molecule has 0 radical (unpaired) electrons. The molecule has 1 atom stereocenters. The Morgan fingerprint density at radius 2 is 1.67 bits per heavy atom. The van der Waals surface area contributed by atoms with E-state index in [9.17, 15) is 4.79 Å². The fraction of sp³-hybridized carbons (Fsp3) is 0.500. The summed E-state index contributed by atoms with van der Waals surface area (Å²) in [4.78, 5) is 18.0. The number of amides is 1. The van der Waals surface area contributed by atoms with Gasteiger partial charge in [-0.05, 0) is 81.4 Å². The van der Waals surface area contributed by atoms with Gasteiger partial charge < -0.3 is 4.90 Å². The second-order valence-electron chi connectivity index (χ2n) is 10.0. The number of rotatable bonds is 3. The molecule has 1 fully saturated rings. The summed E-state index contributed by atoms with van der Waals surface area (Å²) in [6.45, 7) is 11.5. The van der Waals surface area contributed by atoms with Gasteiger partial charge >= 0.3 is 0 Å². The Balaban J connectivity index is 1.70. The molecule has 0 saturated carbocycles. The average molecular weight is 425 g/mol. The standard InChI is InChI=1S/C26H33ClN2O/c1-19-13-15-28(16-14-19)17-24(30)29-23-8-6-5-7-22(23)26(4,18-25(29,2)3)20-9-11-21(27)12-10-20/h5-12,19H,13-18H2,1-4H3/t26-/m0/s1. The number of fused-ring (bicyclic) bond motifs is 1. The molecule has 0 spiro atoms. The molecule has 3 nitrogen and oxygen atoms in total. The van der Waals surface area contributed by atoms with Crippen LogP contribution in [0, 0.1) is 5.92 Å². The van der Waals surface area contributed by atoms with Crippen LogP contribution in [0.5, 0.6) is 0 Å². The molecule has 1 amide bonds. The average Bonchev–Trinajstić information content (AvgIpc) is 2.69. The number of carbonyl (C=O) groups excluding carboxylic acids is 1. The molecule has 2 aromatic rings. The number of para-hydroxylation sites is 1. The van der Waals surface area contributed by atoms with Crippen molar-refractivity contribution in [3.05, 3.63) is 64.7 Å². The number of benzene rings is 2. The molecular weight excluding hydrogens is 392 g/mol. The molecule has 2 aliphatic heterocycles. The van der Waals surface area contributed by atoms with Gasteiger partial charge in [-0.25, -0.2) is 0 Å². The van der Waals surface area contributed by atoms with Crippen molar-refractivity contribution in [2.24, 2.45) is 5.92 Å². The molecule has 4 heteroatoms. The first-order chi connectivity index (χ1) is 14.2. The van der Waals surface area contributed by atoms with Crippen molar-refractivity contribution < 1.29 is 4.79 Å². The second kappa shape index (κ2) is 8.01. The van der Waals surface area contributed by atoms with Crippen LogP contribution in [0.4, 0.5) is 5.69 Å².